The van der Waals surface area contributed by atoms with Crippen molar-refractivity contribution in [1.29, 1.82) is 0 Å². The van der Waals surface area contributed by atoms with Gasteiger partial charge in [0.25, 0.3) is 5.91 Å². The molecule has 1 aromatic carbocycles. The van der Waals surface area contributed by atoms with Gasteiger partial charge in [-0.1, -0.05) is 46.2 Å². The number of nitrogens with two attached hydrogens (primary N) is 1. The van der Waals surface area contributed by atoms with Crippen LogP contribution in [0.1, 0.15) is 29.6 Å². The minimum Gasteiger partial charge on any atom is -0.393 e. The average molecular weight is 362 g/mol. The molecule has 1 aliphatic rings. The fraction of sp³-hybridized carbons (Fsp3) is 0.385. The molecule has 19 heavy (non-hydrogen) atoms. The van der Waals surface area contributed by atoms with E-state index in [2.05, 4.69) is 21.2 Å². The van der Waals surface area contributed by atoms with Gasteiger partial charge >= 0.3 is 0 Å². The number of nitrogens with one attached hydrogen (secondary N) is 1. The number of benzene rings is 1. The molecular formula is C13H14BrClN2OS. The van der Waals surface area contributed by atoms with Crippen molar-refractivity contribution < 1.29 is 4.79 Å². The number of carbonyl (C=O) groups excluding carboxylic acids is 1. The first kappa shape index (κ1) is 14.8. The first-order chi connectivity index (χ1) is 8.99. The molecule has 2 rings (SSSR count). The SMILES string of the molecule is NC(=S)C1CCCC1NC(=O)c1cc(Br)ccc1Cl. The number of carbonyl (C=O) groups is 1. The molecule has 1 amide bonds. The van der Waals surface area contributed by atoms with Gasteiger partial charge in [0, 0.05) is 16.4 Å². The van der Waals surface area contributed by atoms with Crippen LogP contribution in [0.15, 0.2) is 22.7 Å². The number of halogens is 2. The van der Waals surface area contributed by atoms with Crippen LogP contribution in [0.3, 0.4) is 0 Å². The highest BCUT2D eigenvalue weighted by Crippen LogP contribution is 2.27. The number of thiocarbonyl (C=S) groups is 1. The minimum absolute atomic E-state index is 0.0139. The van der Waals surface area contributed by atoms with E-state index in [4.69, 9.17) is 29.6 Å². The summed E-state index contributed by atoms with van der Waals surface area (Å²) in [6, 6.07) is 5.22. The first-order valence-corrected chi connectivity index (χ1v) is 7.62. The maximum absolute atomic E-state index is 12.2. The van der Waals surface area contributed by atoms with Gasteiger partial charge in [-0.3, -0.25) is 4.79 Å². The largest absolute Gasteiger partial charge is 0.393 e. The van der Waals surface area contributed by atoms with E-state index in [9.17, 15) is 4.79 Å². The van der Waals surface area contributed by atoms with Crippen molar-refractivity contribution >= 4 is 50.6 Å². The number of rotatable bonds is 3. The van der Waals surface area contributed by atoms with Crippen molar-refractivity contribution in [3.05, 3.63) is 33.3 Å². The highest BCUT2D eigenvalue weighted by atomic mass is 79.9. The van der Waals surface area contributed by atoms with Gasteiger partial charge in [0.05, 0.1) is 15.6 Å². The van der Waals surface area contributed by atoms with Gasteiger partial charge in [-0.05, 0) is 31.0 Å². The molecule has 6 heteroatoms. The molecule has 1 aliphatic carbocycles. The molecule has 1 aromatic rings. The highest BCUT2D eigenvalue weighted by Gasteiger charge is 2.31. The monoisotopic (exact) mass is 360 g/mol. The lowest BCUT2D eigenvalue weighted by Gasteiger charge is -2.20. The minimum atomic E-state index is -0.181. The maximum atomic E-state index is 12.2. The Morgan fingerprint density at radius 3 is 2.89 bits per heavy atom. The number of amides is 1. The summed E-state index contributed by atoms with van der Waals surface area (Å²) in [5, 5.41) is 3.42. The van der Waals surface area contributed by atoms with Crippen LogP contribution in [0.4, 0.5) is 0 Å². The third-order valence-corrected chi connectivity index (χ3v) is 4.50. The molecule has 0 aliphatic heterocycles. The van der Waals surface area contributed by atoms with E-state index in [0.29, 0.717) is 15.6 Å². The van der Waals surface area contributed by atoms with Crippen LogP contribution in [-0.2, 0) is 0 Å². The van der Waals surface area contributed by atoms with E-state index in [1.165, 1.54) is 0 Å². The predicted octanol–water partition coefficient (Wildman–Crippen LogP) is 3.29. The summed E-state index contributed by atoms with van der Waals surface area (Å²) in [6.45, 7) is 0. The standard InChI is InChI=1S/C13H14BrClN2OS/c14-7-4-5-10(15)9(6-7)13(18)17-11-3-1-2-8(11)12(16)19/h4-6,8,11H,1-3H2,(H2,16,19)(H,17,18). The third kappa shape index (κ3) is 3.46. The summed E-state index contributed by atoms with van der Waals surface area (Å²) >= 11 is 14.4. The second-order valence-electron chi connectivity index (χ2n) is 4.64. The van der Waals surface area contributed by atoms with E-state index < -0.39 is 0 Å². The lowest BCUT2D eigenvalue weighted by molar-refractivity contribution is 0.0934. The molecule has 0 saturated heterocycles. The second kappa shape index (κ2) is 6.20. The zero-order valence-electron chi connectivity index (χ0n) is 10.2. The molecular weight excluding hydrogens is 348 g/mol. The predicted molar refractivity (Wildman–Crippen MR) is 84.5 cm³/mol. The molecule has 102 valence electrons. The van der Waals surface area contributed by atoms with Crippen molar-refractivity contribution in [3.8, 4) is 0 Å². The van der Waals surface area contributed by atoms with Gasteiger partial charge < -0.3 is 11.1 Å². The van der Waals surface area contributed by atoms with Gasteiger partial charge in [-0.2, -0.15) is 0 Å². The van der Waals surface area contributed by atoms with E-state index >= 15 is 0 Å². The normalized spacial score (nSPS) is 22.2. The van der Waals surface area contributed by atoms with Crippen LogP contribution in [0.2, 0.25) is 5.02 Å². The number of hydrogen-bond donors (Lipinski definition) is 2. The maximum Gasteiger partial charge on any atom is 0.253 e. The summed E-state index contributed by atoms with van der Waals surface area (Å²) in [4.78, 5) is 12.7. The van der Waals surface area contributed by atoms with Gasteiger partial charge in [0.2, 0.25) is 0 Å². The molecule has 0 heterocycles. The first-order valence-electron chi connectivity index (χ1n) is 6.04. The highest BCUT2D eigenvalue weighted by molar-refractivity contribution is 9.10. The van der Waals surface area contributed by atoms with Crippen molar-refractivity contribution in [1.82, 2.24) is 5.32 Å². The second-order valence-corrected chi connectivity index (χ2v) is 6.44. The van der Waals surface area contributed by atoms with Crippen molar-refractivity contribution in [3.63, 3.8) is 0 Å². The number of hydrogen-bond acceptors (Lipinski definition) is 2. The average Bonchev–Trinajstić information content (AvgIpc) is 2.80. The van der Waals surface area contributed by atoms with Crippen LogP contribution in [0.25, 0.3) is 0 Å². The molecule has 0 bridgehead atoms. The van der Waals surface area contributed by atoms with Crippen molar-refractivity contribution in [2.45, 2.75) is 25.3 Å². The molecule has 3 N–H and O–H groups in total. The Balaban J connectivity index is 2.12. The van der Waals surface area contributed by atoms with Gasteiger partial charge in [0.1, 0.15) is 0 Å². The van der Waals surface area contributed by atoms with Crippen LogP contribution in [0.5, 0.6) is 0 Å². The molecule has 2 unspecified atom stereocenters. The Hall–Kier alpha value is -0.650. The molecule has 1 saturated carbocycles. The van der Waals surface area contributed by atoms with Crippen LogP contribution in [-0.4, -0.2) is 16.9 Å². The summed E-state index contributed by atoms with van der Waals surface area (Å²) in [7, 11) is 0. The van der Waals surface area contributed by atoms with Crippen molar-refractivity contribution in [2.75, 3.05) is 0 Å². The molecule has 0 aromatic heterocycles. The zero-order valence-corrected chi connectivity index (χ0v) is 13.3. The Bertz CT molecular complexity index is 523. The Labute approximate surface area is 131 Å². The lowest BCUT2D eigenvalue weighted by atomic mass is 10.0. The fourth-order valence-corrected chi connectivity index (χ4v) is 3.24. The summed E-state index contributed by atoms with van der Waals surface area (Å²) in [5.41, 5.74) is 6.17. The Kier molecular flexibility index (Phi) is 4.81. The van der Waals surface area contributed by atoms with E-state index in [1.54, 1.807) is 18.2 Å². The Morgan fingerprint density at radius 2 is 2.21 bits per heavy atom. The van der Waals surface area contributed by atoms with Crippen LogP contribution >= 0.6 is 39.7 Å². The van der Waals surface area contributed by atoms with E-state index in [1.807, 2.05) is 0 Å². The lowest BCUT2D eigenvalue weighted by Crippen LogP contribution is -2.41. The van der Waals surface area contributed by atoms with E-state index in [-0.39, 0.29) is 17.9 Å². The van der Waals surface area contributed by atoms with Crippen LogP contribution < -0.4 is 11.1 Å². The molecule has 3 nitrogen and oxygen atoms in total. The van der Waals surface area contributed by atoms with Gasteiger partial charge in [-0.15, -0.1) is 0 Å². The summed E-state index contributed by atoms with van der Waals surface area (Å²) < 4.78 is 0.819. The molecule has 0 radical (unpaired) electrons. The van der Waals surface area contributed by atoms with Gasteiger partial charge in [0.15, 0.2) is 0 Å². The zero-order chi connectivity index (χ0) is 14.0. The molecule has 0 spiro atoms. The summed E-state index contributed by atoms with van der Waals surface area (Å²) in [6.07, 6.45) is 2.87. The van der Waals surface area contributed by atoms with Gasteiger partial charge in [-0.25, -0.2) is 0 Å². The van der Waals surface area contributed by atoms with E-state index in [0.717, 1.165) is 23.7 Å². The molecule has 1 fully saturated rings. The fourth-order valence-electron chi connectivity index (χ4n) is 2.39. The van der Waals surface area contributed by atoms with Crippen molar-refractivity contribution in [2.24, 2.45) is 11.7 Å². The topological polar surface area (TPSA) is 55.1 Å². The smallest absolute Gasteiger partial charge is 0.253 e. The summed E-state index contributed by atoms with van der Waals surface area (Å²) in [5.74, 6) is -0.0932. The Morgan fingerprint density at radius 1 is 1.47 bits per heavy atom. The molecule has 2 atom stereocenters. The quantitative estimate of drug-likeness (QED) is 0.812. The third-order valence-electron chi connectivity index (χ3n) is 3.37. The van der Waals surface area contributed by atoms with Crippen LogP contribution in [0, 0.1) is 5.92 Å².